The Kier molecular flexibility index (Phi) is 6.53. The van der Waals surface area contributed by atoms with Gasteiger partial charge in [0, 0.05) is 30.6 Å². The van der Waals surface area contributed by atoms with Crippen LogP contribution in [0.25, 0.3) is 0 Å². The monoisotopic (exact) mass is 308 g/mol. The Bertz CT molecular complexity index is 506. The molecule has 0 atom stereocenters. The van der Waals surface area contributed by atoms with Crippen molar-refractivity contribution in [3.8, 4) is 0 Å². The van der Waals surface area contributed by atoms with Gasteiger partial charge >= 0.3 is 0 Å². The van der Waals surface area contributed by atoms with Gasteiger partial charge in [0.25, 0.3) is 0 Å². The SMILES string of the molecule is CCN(C(=O)CCCNC(=O)C(C)(C)C)c1ccc(F)cc1. The molecule has 0 aromatic heterocycles. The van der Waals surface area contributed by atoms with Gasteiger partial charge in [0.1, 0.15) is 5.82 Å². The highest BCUT2D eigenvalue weighted by molar-refractivity contribution is 5.93. The highest BCUT2D eigenvalue weighted by atomic mass is 19.1. The maximum atomic E-state index is 12.9. The fourth-order valence-corrected chi connectivity index (χ4v) is 1.97. The molecule has 0 spiro atoms. The summed E-state index contributed by atoms with van der Waals surface area (Å²) in [5, 5.41) is 2.82. The Morgan fingerprint density at radius 3 is 2.27 bits per heavy atom. The number of amides is 2. The highest BCUT2D eigenvalue weighted by Gasteiger charge is 2.20. The average Bonchev–Trinajstić information content (AvgIpc) is 2.45. The zero-order valence-electron chi connectivity index (χ0n) is 13.8. The Morgan fingerprint density at radius 2 is 1.77 bits per heavy atom. The van der Waals surface area contributed by atoms with Crippen LogP contribution < -0.4 is 10.2 Å². The van der Waals surface area contributed by atoms with Crippen LogP contribution in [0.1, 0.15) is 40.5 Å². The molecule has 5 heteroatoms. The molecule has 1 aromatic rings. The van der Waals surface area contributed by atoms with Crippen LogP contribution in [0.2, 0.25) is 0 Å². The van der Waals surface area contributed by atoms with Crippen molar-refractivity contribution in [2.75, 3.05) is 18.0 Å². The number of carbonyl (C=O) groups excluding carboxylic acids is 2. The minimum absolute atomic E-state index is 0.0224. The first-order chi connectivity index (χ1) is 10.3. The molecule has 4 nitrogen and oxygen atoms in total. The first kappa shape index (κ1) is 18.1. The fraction of sp³-hybridized carbons (Fsp3) is 0.529. The molecule has 0 fully saturated rings. The van der Waals surface area contributed by atoms with E-state index in [1.807, 2.05) is 27.7 Å². The number of nitrogens with zero attached hydrogens (tertiary/aromatic N) is 1. The number of carbonyl (C=O) groups is 2. The summed E-state index contributed by atoms with van der Waals surface area (Å²) in [7, 11) is 0. The summed E-state index contributed by atoms with van der Waals surface area (Å²) in [6.07, 6.45) is 0.925. The lowest BCUT2D eigenvalue weighted by Gasteiger charge is -2.21. The number of anilines is 1. The maximum Gasteiger partial charge on any atom is 0.227 e. The lowest BCUT2D eigenvalue weighted by atomic mass is 9.96. The van der Waals surface area contributed by atoms with E-state index in [1.54, 1.807) is 17.0 Å². The van der Waals surface area contributed by atoms with Crippen LogP contribution in [0, 0.1) is 11.2 Å². The second-order valence-electron chi connectivity index (χ2n) is 6.22. The van der Waals surface area contributed by atoms with Gasteiger partial charge in [-0.2, -0.15) is 0 Å². The van der Waals surface area contributed by atoms with Crippen molar-refractivity contribution in [2.24, 2.45) is 5.41 Å². The van der Waals surface area contributed by atoms with Crippen LogP contribution in [0.4, 0.5) is 10.1 Å². The van der Waals surface area contributed by atoms with E-state index in [-0.39, 0.29) is 17.6 Å². The Balaban J connectivity index is 2.46. The zero-order valence-corrected chi connectivity index (χ0v) is 13.8. The minimum Gasteiger partial charge on any atom is -0.356 e. The number of benzene rings is 1. The molecule has 0 saturated carbocycles. The minimum atomic E-state index is -0.423. The van der Waals surface area contributed by atoms with Crippen molar-refractivity contribution in [3.63, 3.8) is 0 Å². The molecule has 0 aliphatic carbocycles. The molecule has 0 unspecified atom stereocenters. The van der Waals surface area contributed by atoms with Gasteiger partial charge in [-0.1, -0.05) is 20.8 Å². The molecule has 22 heavy (non-hydrogen) atoms. The van der Waals surface area contributed by atoms with Crippen molar-refractivity contribution in [3.05, 3.63) is 30.1 Å². The first-order valence-corrected chi connectivity index (χ1v) is 7.60. The van der Waals surface area contributed by atoms with Gasteiger partial charge in [0.05, 0.1) is 0 Å². The van der Waals surface area contributed by atoms with Crippen molar-refractivity contribution >= 4 is 17.5 Å². The molecule has 122 valence electrons. The molecular formula is C17H25FN2O2. The van der Waals surface area contributed by atoms with Crippen LogP contribution in [0.3, 0.4) is 0 Å². The zero-order chi connectivity index (χ0) is 16.8. The van der Waals surface area contributed by atoms with E-state index in [0.29, 0.717) is 31.6 Å². The third kappa shape index (κ3) is 5.47. The standard InChI is InChI=1S/C17H25FN2O2/c1-5-20(14-10-8-13(18)9-11-14)15(21)7-6-12-19-16(22)17(2,3)4/h8-11H,5-7,12H2,1-4H3,(H,19,22). The van der Waals surface area contributed by atoms with E-state index >= 15 is 0 Å². The molecule has 0 aliphatic rings. The lowest BCUT2D eigenvalue weighted by Crippen LogP contribution is -2.36. The summed E-state index contributed by atoms with van der Waals surface area (Å²) in [5.41, 5.74) is 0.265. The van der Waals surface area contributed by atoms with Crippen molar-refractivity contribution in [1.82, 2.24) is 5.32 Å². The predicted molar refractivity (Wildman–Crippen MR) is 86.1 cm³/mol. The Labute approximate surface area is 131 Å². The maximum absolute atomic E-state index is 12.9. The molecule has 0 saturated heterocycles. The van der Waals surface area contributed by atoms with Gasteiger partial charge in [-0.25, -0.2) is 4.39 Å². The number of rotatable bonds is 6. The van der Waals surface area contributed by atoms with Gasteiger partial charge < -0.3 is 10.2 Å². The summed E-state index contributed by atoms with van der Waals surface area (Å²) in [4.78, 5) is 25.5. The quantitative estimate of drug-likeness (QED) is 0.821. The molecule has 0 aliphatic heterocycles. The summed E-state index contributed by atoms with van der Waals surface area (Å²) in [5.74, 6) is -0.373. The Morgan fingerprint density at radius 1 is 1.18 bits per heavy atom. The fourth-order valence-electron chi connectivity index (χ4n) is 1.97. The summed E-state index contributed by atoms with van der Waals surface area (Å²) >= 11 is 0. The van der Waals surface area contributed by atoms with Gasteiger partial charge in [-0.05, 0) is 37.6 Å². The highest BCUT2D eigenvalue weighted by Crippen LogP contribution is 2.16. The smallest absolute Gasteiger partial charge is 0.227 e. The number of hydrogen-bond acceptors (Lipinski definition) is 2. The molecule has 1 aromatic carbocycles. The van der Waals surface area contributed by atoms with Gasteiger partial charge in [-0.15, -0.1) is 0 Å². The van der Waals surface area contributed by atoms with Crippen LogP contribution in [-0.2, 0) is 9.59 Å². The van der Waals surface area contributed by atoms with E-state index in [2.05, 4.69) is 5.32 Å². The van der Waals surface area contributed by atoms with Gasteiger partial charge in [0.2, 0.25) is 11.8 Å². The van der Waals surface area contributed by atoms with E-state index in [4.69, 9.17) is 0 Å². The van der Waals surface area contributed by atoms with Crippen LogP contribution in [-0.4, -0.2) is 24.9 Å². The Hall–Kier alpha value is -1.91. The molecular weight excluding hydrogens is 283 g/mol. The summed E-state index contributed by atoms with van der Waals surface area (Å²) in [6, 6.07) is 5.87. The molecule has 1 N–H and O–H groups in total. The topological polar surface area (TPSA) is 49.4 Å². The van der Waals surface area contributed by atoms with E-state index in [9.17, 15) is 14.0 Å². The third-order valence-corrected chi connectivity index (χ3v) is 3.29. The van der Waals surface area contributed by atoms with E-state index < -0.39 is 5.41 Å². The lowest BCUT2D eigenvalue weighted by molar-refractivity contribution is -0.128. The summed E-state index contributed by atoms with van der Waals surface area (Å²) < 4.78 is 12.9. The molecule has 2 amide bonds. The van der Waals surface area contributed by atoms with Gasteiger partial charge in [-0.3, -0.25) is 9.59 Å². The summed E-state index contributed by atoms with van der Waals surface area (Å²) in [6.45, 7) is 8.42. The second kappa shape index (κ2) is 7.92. The van der Waals surface area contributed by atoms with Crippen LogP contribution >= 0.6 is 0 Å². The number of halogens is 1. The van der Waals surface area contributed by atoms with Crippen LogP contribution in [0.5, 0.6) is 0 Å². The predicted octanol–water partition coefficient (Wildman–Crippen LogP) is 3.12. The number of nitrogens with one attached hydrogen (secondary N) is 1. The van der Waals surface area contributed by atoms with Crippen molar-refractivity contribution < 1.29 is 14.0 Å². The van der Waals surface area contributed by atoms with Crippen LogP contribution in [0.15, 0.2) is 24.3 Å². The molecule has 1 rings (SSSR count). The molecule has 0 bridgehead atoms. The molecule has 0 radical (unpaired) electrons. The average molecular weight is 308 g/mol. The first-order valence-electron chi connectivity index (χ1n) is 7.60. The number of hydrogen-bond donors (Lipinski definition) is 1. The second-order valence-corrected chi connectivity index (χ2v) is 6.22. The van der Waals surface area contributed by atoms with Crippen molar-refractivity contribution in [2.45, 2.75) is 40.5 Å². The van der Waals surface area contributed by atoms with E-state index in [1.165, 1.54) is 12.1 Å². The third-order valence-electron chi connectivity index (χ3n) is 3.29. The normalized spacial score (nSPS) is 11.1. The van der Waals surface area contributed by atoms with Crippen molar-refractivity contribution in [1.29, 1.82) is 0 Å². The molecule has 0 heterocycles. The van der Waals surface area contributed by atoms with Gasteiger partial charge in [0.15, 0.2) is 0 Å². The van der Waals surface area contributed by atoms with E-state index in [0.717, 1.165) is 0 Å². The largest absolute Gasteiger partial charge is 0.356 e.